The first-order valence-corrected chi connectivity index (χ1v) is 7.19. The lowest BCUT2D eigenvalue weighted by molar-refractivity contribution is 0.490. The summed E-state index contributed by atoms with van der Waals surface area (Å²) in [5.74, 6) is 0. The Balaban J connectivity index is 0. The number of unbranched alkanes of at least 4 members (excludes halogenated alkanes) is 2. The lowest BCUT2D eigenvalue weighted by Crippen LogP contribution is -1.88. The minimum Gasteiger partial charge on any atom is -0.286 e. The van der Waals surface area contributed by atoms with Gasteiger partial charge in [-0.15, -0.1) is 0 Å². The number of hydrogen-bond donors (Lipinski definition) is 1. The average Bonchev–Trinajstić information content (AvgIpc) is 2.01. The maximum Gasteiger partial charge on any atom is 0.261 e. The molecule has 0 unspecified atom stereocenters. The van der Waals surface area contributed by atoms with Crippen LogP contribution in [0.5, 0.6) is 0 Å². The van der Waals surface area contributed by atoms with Gasteiger partial charge in [0.25, 0.3) is 10.1 Å². The van der Waals surface area contributed by atoms with Crippen LogP contribution in [0.3, 0.4) is 0 Å². The van der Waals surface area contributed by atoms with Gasteiger partial charge in [-0.3, -0.25) is 4.55 Å². The molecule has 14 heavy (non-hydrogen) atoms. The molecule has 0 aromatic heterocycles. The molecule has 0 aromatic carbocycles. The van der Waals surface area contributed by atoms with Crippen molar-refractivity contribution in [2.45, 2.75) is 52.2 Å². The van der Waals surface area contributed by atoms with Gasteiger partial charge in [-0.1, -0.05) is 52.2 Å². The van der Waals surface area contributed by atoms with Crippen LogP contribution in [-0.2, 0) is 10.1 Å². The highest BCUT2D eigenvalue weighted by Crippen LogP contribution is 1.99. The molecular weight excluding hydrogens is 199 g/mol. The highest BCUT2D eigenvalue weighted by molar-refractivity contribution is 7.85. The van der Waals surface area contributed by atoms with Gasteiger partial charge in [-0.05, 0) is 0 Å². The van der Waals surface area contributed by atoms with Crippen molar-refractivity contribution < 1.29 is 13.0 Å². The van der Waals surface area contributed by atoms with Crippen molar-refractivity contribution >= 4 is 17.4 Å². The quantitative estimate of drug-likeness (QED) is 0.426. The van der Waals surface area contributed by atoms with E-state index < -0.39 is 10.1 Å². The van der Waals surface area contributed by atoms with Gasteiger partial charge < -0.3 is 0 Å². The van der Waals surface area contributed by atoms with Crippen LogP contribution in [0.25, 0.3) is 0 Å². The van der Waals surface area contributed by atoms with Crippen molar-refractivity contribution in [3.05, 3.63) is 0 Å². The molecule has 86 valence electrons. The maximum atomic E-state index is 9.19. The summed E-state index contributed by atoms with van der Waals surface area (Å²) in [6, 6.07) is 0. The first kappa shape index (κ1) is 16.4. The molecule has 0 rings (SSSR count). The average molecular weight is 222 g/mol. The highest BCUT2D eigenvalue weighted by Gasteiger charge is 1.88. The van der Waals surface area contributed by atoms with E-state index in [1.807, 2.05) is 0 Å². The van der Waals surface area contributed by atoms with E-state index in [0.717, 1.165) is 0 Å². The molecule has 0 atom stereocenters. The van der Waals surface area contributed by atoms with Crippen LogP contribution in [0.2, 0.25) is 12.6 Å². The minimum atomic E-state index is -3.67. The molecule has 0 aromatic rings. The summed E-state index contributed by atoms with van der Waals surface area (Å²) >= 11 is 0. The number of hydrogen-bond acceptors (Lipinski definition) is 2. The van der Waals surface area contributed by atoms with Gasteiger partial charge in [-0.2, -0.15) is 8.42 Å². The Hall–Kier alpha value is -0.0251. The molecule has 0 fully saturated rings. The second kappa shape index (κ2) is 11.1. The molecule has 0 spiro atoms. The monoisotopic (exact) mass is 222 g/mol. The molecule has 0 aliphatic carbocycles. The normalized spacial score (nSPS) is 10.3. The summed E-state index contributed by atoms with van der Waals surface area (Å²) in [4.78, 5) is 0. The highest BCUT2D eigenvalue weighted by atomic mass is 32.2. The first-order valence-electron chi connectivity index (χ1n) is 5.34. The third kappa shape index (κ3) is 40.4. The summed E-state index contributed by atoms with van der Waals surface area (Å²) in [5.41, 5.74) is 0. The molecule has 0 heterocycles. The van der Waals surface area contributed by atoms with Crippen LogP contribution in [0.4, 0.5) is 0 Å². The van der Waals surface area contributed by atoms with E-state index in [4.69, 9.17) is 4.55 Å². The van der Waals surface area contributed by atoms with Gasteiger partial charge in [0.15, 0.2) is 0 Å². The Morgan fingerprint density at radius 2 is 1.36 bits per heavy atom. The molecule has 0 bridgehead atoms. The zero-order chi connectivity index (χ0) is 11.4. The largest absolute Gasteiger partial charge is 0.286 e. The van der Waals surface area contributed by atoms with E-state index in [1.165, 1.54) is 45.6 Å². The lowest BCUT2D eigenvalue weighted by atomic mass is 9.68. The van der Waals surface area contributed by atoms with E-state index in [2.05, 4.69) is 13.8 Å². The summed E-state index contributed by atoms with van der Waals surface area (Å²) in [7, 11) is -2.21. The van der Waals surface area contributed by atoms with Crippen molar-refractivity contribution in [1.82, 2.24) is 0 Å². The SMILES string of the molecule is CCCCBCCCC.CS(=O)(=O)O. The maximum absolute atomic E-state index is 9.19. The van der Waals surface area contributed by atoms with Crippen LogP contribution in [0.15, 0.2) is 0 Å². The first-order chi connectivity index (χ1) is 6.41. The third-order valence-electron chi connectivity index (χ3n) is 1.71. The Morgan fingerprint density at radius 1 is 1.07 bits per heavy atom. The molecule has 0 amide bonds. The predicted octanol–water partition coefficient (Wildman–Crippen LogP) is 2.36. The Morgan fingerprint density at radius 3 is 1.57 bits per heavy atom. The lowest BCUT2D eigenvalue weighted by Gasteiger charge is -1.93. The van der Waals surface area contributed by atoms with Gasteiger partial charge in [0.1, 0.15) is 7.28 Å². The molecule has 5 heteroatoms. The smallest absolute Gasteiger partial charge is 0.261 e. The van der Waals surface area contributed by atoms with Crippen LogP contribution < -0.4 is 0 Å². The zero-order valence-electron chi connectivity index (χ0n) is 9.62. The third-order valence-corrected chi connectivity index (χ3v) is 1.71. The van der Waals surface area contributed by atoms with E-state index in [0.29, 0.717) is 6.26 Å². The predicted molar refractivity (Wildman–Crippen MR) is 64.1 cm³/mol. The summed E-state index contributed by atoms with van der Waals surface area (Å²) in [6.45, 7) is 4.53. The molecule has 0 aliphatic rings. The molecule has 0 saturated carbocycles. The van der Waals surface area contributed by atoms with Crippen molar-refractivity contribution in [1.29, 1.82) is 0 Å². The van der Waals surface area contributed by atoms with Gasteiger partial charge in [-0.25, -0.2) is 0 Å². The fourth-order valence-electron chi connectivity index (χ4n) is 1.03. The molecule has 0 saturated heterocycles. The standard InChI is InChI=1S/C8H19B.CH4O3S/c1-3-5-7-9-8-6-4-2;1-5(2,3)4/h9H,3-8H2,1-2H3;1H3,(H,2,3,4). The molecular formula is C9H23BO3S. The second-order valence-electron chi connectivity index (χ2n) is 3.50. The number of rotatable bonds is 6. The van der Waals surface area contributed by atoms with Gasteiger partial charge in [0.2, 0.25) is 0 Å². The van der Waals surface area contributed by atoms with Crippen LogP contribution in [-0.4, -0.2) is 26.5 Å². The second-order valence-corrected chi connectivity index (χ2v) is 4.97. The summed E-state index contributed by atoms with van der Waals surface area (Å²) < 4.78 is 25.9. The Labute approximate surface area is 89.3 Å². The Bertz CT molecular complexity index is 176. The minimum absolute atomic E-state index is 0.715. The zero-order valence-corrected chi connectivity index (χ0v) is 10.4. The van der Waals surface area contributed by atoms with Crippen LogP contribution in [0.1, 0.15) is 39.5 Å². The van der Waals surface area contributed by atoms with Crippen LogP contribution in [0, 0.1) is 0 Å². The summed E-state index contributed by atoms with van der Waals surface area (Å²) in [5, 5.41) is 0. The van der Waals surface area contributed by atoms with Crippen LogP contribution >= 0.6 is 0 Å². The van der Waals surface area contributed by atoms with Crippen molar-refractivity contribution in [2.24, 2.45) is 0 Å². The van der Waals surface area contributed by atoms with Gasteiger partial charge in [0, 0.05) is 0 Å². The van der Waals surface area contributed by atoms with E-state index in [1.54, 1.807) is 0 Å². The van der Waals surface area contributed by atoms with E-state index >= 15 is 0 Å². The fourth-order valence-corrected chi connectivity index (χ4v) is 1.03. The van der Waals surface area contributed by atoms with Gasteiger partial charge >= 0.3 is 0 Å². The molecule has 3 nitrogen and oxygen atoms in total. The topological polar surface area (TPSA) is 54.4 Å². The molecule has 1 N–H and O–H groups in total. The van der Waals surface area contributed by atoms with E-state index in [9.17, 15) is 8.42 Å². The van der Waals surface area contributed by atoms with Crippen molar-refractivity contribution in [3.8, 4) is 0 Å². The van der Waals surface area contributed by atoms with Crippen molar-refractivity contribution in [2.75, 3.05) is 6.26 Å². The Kier molecular flexibility index (Phi) is 13.0. The molecule has 0 radical (unpaired) electrons. The van der Waals surface area contributed by atoms with Gasteiger partial charge in [0.05, 0.1) is 6.26 Å². The summed E-state index contributed by atoms with van der Waals surface area (Å²) in [6.07, 6.45) is 9.23. The fraction of sp³-hybridized carbons (Fsp3) is 1.00. The van der Waals surface area contributed by atoms with Crippen molar-refractivity contribution in [3.63, 3.8) is 0 Å². The molecule has 0 aliphatic heterocycles. The van der Waals surface area contributed by atoms with E-state index in [-0.39, 0.29) is 0 Å².